The van der Waals surface area contributed by atoms with Crippen LogP contribution in [0.15, 0.2) is 48.8 Å². The van der Waals surface area contributed by atoms with Crippen molar-refractivity contribution in [3.63, 3.8) is 0 Å². The van der Waals surface area contributed by atoms with Crippen LogP contribution in [-0.2, 0) is 4.79 Å². The van der Waals surface area contributed by atoms with Gasteiger partial charge in [0.2, 0.25) is 0 Å². The lowest BCUT2D eigenvalue weighted by Gasteiger charge is -2.29. The van der Waals surface area contributed by atoms with Crippen molar-refractivity contribution in [2.45, 2.75) is 31.2 Å². The lowest BCUT2D eigenvalue weighted by molar-refractivity contribution is -0.137. The van der Waals surface area contributed by atoms with Gasteiger partial charge in [-0.15, -0.1) is 0 Å². The van der Waals surface area contributed by atoms with E-state index in [4.69, 9.17) is 15.8 Å². The molecule has 1 fully saturated rings. The molecular formula is C22H22N6O2. The van der Waals surface area contributed by atoms with E-state index in [1.54, 1.807) is 16.9 Å². The second kappa shape index (κ2) is 7.38. The number of pyridine rings is 1. The fourth-order valence-corrected chi connectivity index (χ4v) is 4.29. The maximum absolute atomic E-state index is 11.0. The molecule has 2 atom stereocenters. The molecule has 4 heterocycles. The van der Waals surface area contributed by atoms with Crippen LogP contribution in [-0.4, -0.2) is 43.2 Å². The molecule has 2 unspecified atom stereocenters. The van der Waals surface area contributed by atoms with Gasteiger partial charge in [-0.2, -0.15) is 9.61 Å². The lowest BCUT2D eigenvalue weighted by atomic mass is 9.90. The van der Waals surface area contributed by atoms with Gasteiger partial charge in [-0.25, -0.2) is 4.98 Å². The first-order valence-electron chi connectivity index (χ1n) is 10.0. The monoisotopic (exact) mass is 402 g/mol. The van der Waals surface area contributed by atoms with Gasteiger partial charge in [0.05, 0.1) is 23.8 Å². The van der Waals surface area contributed by atoms with E-state index in [1.165, 1.54) is 0 Å². The van der Waals surface area contributed by atoms with E-state index in [0.29, 0.717) is 18.0 Å². The van der Waals surface area contributed by atoms with Crippen molar-refractivity contribution in [3.05, 3.63) is 54.5 Å². The molecular weight excluding hydrogens is 380 g/mol. The fraction of sp³-hybridized carbons (Fsp3) is 0.273. The number of anilines is 1. The van der Waals surface area contributed by atoms with E-state index in [0.717, 1.165) is 40.6 Å². The van der Waals surface area contributed by atoms with Gasteiger partial charge in [0.25, 0.3) is 0 Å². The third-order valence-corrected chi connectivity index (χ3v) is 5.81. The Labute approximate surface area is 172 Å². The number of aromatic nitrogens is 4. The third-order valence-electron chi connectivity index (χ3n) is 5.81. The zero-order valence-corrected chi connectivity index (χ0v) is 16.3. The van der Waals surface area contributed by atoms with Crippen LogP contribution in [0.2, 0.25) is 0 Å². The first kappa shape index (κ1) is 18.5. The van der Waals surface area contributed by atoms with Crippen LogP contribution in [0.3, 0.4) is 0 Å². The van der Waals surface area contributed by atoms with Gasteiger partial charge in [0.1, 0.15) is 5.82 Å². The molecule has 0 aliphatic carbocycles. The molecule has 0 amide bonds. The Kier molecular flexibility index (Phi) is 4.55. The number of nitrogens with one attached hydrogen (secondary N) is 1. The van der Waals surface area contributed by atoms with Gasteiger partial charge in [0.15, 0.2) is 5.65 Å². The van der Waals surface area contributed by atoms with E-state index in [2.05, 4.69) is 15.4 Å². The molecule has 152 valence electrons. The Morgan fingerprint density at radius 1 is 1.23 bits per heavy atom. The van der Waals surface area contributed by atoms with E-state index in [1.807, 2.05) is 36.4 Å². The summed E-state index contributed by atoms with van der Waals surface area (Å²) in [6, 6.07) is 11.8. The number of hydrogen-bond donors (Lipinski definition) is 3. The van der Waals surface area contributed by atoms with E-state index in [-0.39, 0.29) is 18.4 Å². The van der Waals surface area contributed by atoms with Gasteiger partial charge in [-0.3, -0.25) is 9.78 Å². The summed E-state index contributed by atoms with van der Waals surface area (Å²) in [5.74, 6) is -0.0604. The number of nitrogen functional groups attached to an aromatic ring is 1. The number of rotatable bonds is 4. The van der Waals surface area contributed by atoms with Crippen LogP contribution in [0.25, 0.3) is 27.7 Å². The Morgan fingerprint density at radius 2 is 2.10 bits per heavy atom. The zero-order chi connectivity index (χ0) is 20.7. The number of para-hydroxylation sites is 1. The molecule has 4 N–H and O–H groups in total. The lowest BCUT2D eigenvalue weighted by Crippen LogP contribution is -2.39. The summed E-state index contributed by atoms with van der Waals surface area (Å²) in [5, 5.41) is 17.8. The molecule has 1 saturated heterocycles. The highest BCUT2D eigenvalue weighted by Crippen LogP contribution is 2.32. The Bertz CT molecular complexity index is 1240. The van der Waals surface area contributed by atoms with E-state index >= 15 is 0 Å². The third kappa shape index (κ3) is 3.25. The van der Waals surface area contributed by atoms with Crippen molar-refractivity contribution < 1.29 is 9.90 Å². The Morgan fingerprint density at radius 3 is 2.90 bits per heavy atom. The fourth-order valence-electron chi connectivity index (χ4n) is 4.29. The summed E-state index contributed by atoms with van der Waals surface area (Å²) in [5.41, 5.74) is 10.8. The summed E-state index contributed by atoms with van der Waals surface area (Å²) >= 11 is 0. The van der Waals surface area contributed by atoms with E-state index in [9.17, 15) is 4.79 Å². The van der Waals surface area contributed by atoms with Gasteiger partial charge in [-0.05, 0) is 30.5 Å². The maximum Gasteiger partial charge on any atom is 0.304 e. The number of carboxylic acid groups (broad SMARTS) is 1. The average molecular weight is 402 g/mol. The molecule has 3 aromatic heterocycles. The second-order valence-electron chi connectivity index (χ2n) is 7.75. The van der Waals surface area contributed by atoms with Crippen molar-refractivity contribution in [2.24, 2.45) is 0 Å². The summed E-state index contributed by atoms with van der Waals surface area (Å²) in [4.78, 5) is 20.3. The van der Waals surface area contributed by atoms with Crippen LogP contribution in [0.4, 0.5) is 5.82 Å². The minimum absolute atomic E-state index is 0.00791. The number of benzene rings is 1. The van der Waals surface area contributed by atoms with Crippen LogP contribution >= 0.6 is 0 Å². The second-order valence-corrected chi connectivity index (χ2v) is 7.75. The number of carbonyl (C=O) groups is 1. The van der Waals surface area contributed by atoms with Crippen LogP contribution in [0.1, 0.15) is 30.9 Å². The molecule has 8 heteroatoms. The van der Waals surface area contributed by atoms with E-state index < -0.39 is 5.97 Å². The zero-order valence-electron chi connectivity index (χ0n) is 16.3. The number of piperidine rings is 1. The molecule has 0 saturated carbocycles. The number of fused-ring (bicyclic) bond motifs is 2. The van der Waals surface area contributed by atoms with Crippen molar-refractivity contribution in [3.8, 4) is 11.1 Å². The first-order valence-corrected chi connectivity index (χ1v) is 10.0. The standard InChI is InChI=1S/C22H22N6O2/c23-20-10-19(13-5-6-14(25-11-13)9-21(29)30)27-22-17(12-26-28(20)22)15-7-8-24-18-4-2-1-3-16(15)18/h1-4,7-8,10,12-14,25H,5-6,9,11,23H2,(H,29,30). The summed E-state index contributed by atoms with van der Waals surface area (Å²) in [6.45, 7) is 0.683. The smallest absolute Gasteiger partial charge is 0.304 e. The SMILES string of the molecule is Nc1cc(C2CCC(CC(=O)O)NC2)nc2c(-c3ccnc4ccccc34)cnn12. The molecule has 4 aromatic rings. The Hall–Kier alpha value is -3.52. The number of carboxylic acids is 1. The quantitative estimate of drug-likeness (QED) is 0.480. The minimum atomic E-state index is -0.775. The molecule has 8 nitrogen and oxygen atoms in total. The summed E-state index contributed by atoms with van der Waals surface area (Å²) in [7, 11) is 0. The predicted molar refractivity (Wildman–Crippen MR) is 114 cm³/mol. The Balaban J connectivity index is 1.54. The van der Waals surface area contributed by atoms with Gasteiger partial charge < -0.3 is 16.2 Å². The molecule has 1 aromatic carbocycles. The van der Waals surface area contributed by atoms with Gasteiger partial charge in [-0.1, -0.05) is 18.2 Å². The minimum Gasteiger partial charge on any atom is -0.481 e. The predicted octanol–water partition coefficient (Wildman–Crippen LogP) is 2.84. The molecule has 1 aliphatic rings. The highest BCUT2D eigenvalue weighted by Gasteiger charge is 2.25. The molecule has 0 bridgehead atoms. The molecule has 0 spiro atoms. The summed E-state index contributed by atoms with van der Waals surface area (Å²) in [6.07, 6.45) is 5.40. The van der Waals surface area contributed by atoms with Crippen molar-refractivity contribution in [2.75, 3.05) is 12.3 Å². The van der Waals surface area contributed by atoms with Crippen LogP contribution < -0.4 is 11.1 Å². The normalized spacial score (nSPS) is 19.3. The van der Waals surface area contributed by atoms with Crippen molar-refractivity contribution in [1.29, 1.82) is 0 Å². The number of nitrogens with two attached hydrogens (primary N) is 1. The number of hydrogen-bond acceptors (Lipinski definition) is 6. The van der Waals surface area contributed by atoms with Gasteiger partial charge >= 0.3 is 5.97 Å². The van der Waals surface area contributed by atoms with Crippen molar-refractivity contribution >= 4 is 28.3 Å². The van der Waals surface area contributed by atoms with Crippen molar-refractivity contribution in [1.82, 2.24) is 24.9 Å². The number of nitrogens with zero attached hydrogens (tertiary/aromatic N) is 4. The average Bonchev–Trinajstić information content (AvgIpc) is 3.18. The molecule has 5 rings (SSSR count). The molecule has 1 aliphatic heterocycles. The van der Waals surface area contributed by atoms with Gasteiger partial charge in [0, 0.05) is 41.7 Å². The van der Waals surface area contributed by atoms with Crippen LogP contribution in [0.5, 0.6) is 0 Å². The number of aliphatic carboxylic acids is 1. The first-order chi connectivity index (χ1) is 14.6. The highest BCUT2D eigenvalue weighted by molar-refractivity contribution is 5.97. The highest BCUT2D eigenvalue weighted by atomic mass is 16.4. The topological polar surface area (TPSA) is 118 Å². The molecule has 0 radical (unpaired) electrons. The summed E-state index contributed by atoms with van der Waals surface area (Å²) < 4.78 is 1.66. The maximum atomic E-state index is 11.0. The molecule has 30 heavy (non-hydrogen) atoms. The largest absolute Gasteiger partial charge is 0.481 e. The van der Waals surface area contributed by atoms with Crippen LogP contribution in [0, 0.1) is 0 Å².